The Morgan fingerprint density at radius 3 is 2.76 bits per heavy atom. The number of anilines is 1. The number of pyridine rings is 1. The van der Waals surface area contributed by atoms with E-state index >= 15 is 0 Å². The summed E-state index contributed by atoms with van der Waals surface area (Å²) >= 11 is 1.59. The van der Waals surface area contributed by atoms with Crippen LogP contribution >= 0.6 is 11.9 Å². The predicted octanol–water partition coefficient (Wildman–Crippen LogP) is 4.20. The Balaban J connectivity index is 1.41. The van der Waals surface area contributed by atoms with Crippen LogP contribution < -0.4 is 10.0 Å². The van der Waals surface area contributed by atoms with Gasteiger partial charge in [-0.1, -0.05) is 18.2 Å². The van der Waals surface area contributed by atoms with Crippen molar-refractivity contribution in [2.75, 3.05) is 12.4 Å². The van der Waals surface area contributed by atoms with Crippen LogP contribution in [0.5, 0.6) is 0 Å². The number of hydrogen-bond acceptors (Lipinski definition) is 4. The Bertz CT molecular complexity index is 910. The minimum atomic E-state index is 0.0657. The highest BCUT2D eigenvalue weighted by atomic mass is 32.2. The van der Waals surface area contributed by atoms with Gasteiger partial charge in [-0.25, -0.2) is 0 Å². The van der Waals surface area contributed by atoms with E-state index in [2.05, 4.69) is 39.3 Å². The van der Waals surface area contributed by atoms with Gasteiger partial charge in [-0.2, -0.15) is 0 Å². The van der Waals surface area contributed by atoms with Crippen molar-refractivity contribution in [1.82, 2.24) is 9.71 Å². The van der Waals surface area contributed by atoms with Crippen LogP contribution in [-0.2, 0) is 4.79 Å². The molecule has 1 aliphatic carbocycles. The predicted molar refractivity (Wildman–Crippen MR) is 103 cm³/mol. The number of nitrogens with zero attached hydrogens (tertiary/aromatic N) is 1. The maximum Gasteiger partial charge on any atom is 0.228 e. The molecule has 2 N–H and O–H groups in total. The smallest absolute Gasteiger partial charge is 0.228 e. The third kappa shape index (κ3) is 3.52. The van der Waals surface area contributed by atoms with Gasteiger partial charge >= 0.3 is 0 Å². The zero-order valence-electron chi connectivity index (χ0n) is 13.9. The lowest BCUT2D eigenvalue weighted by atomic mass is 10.1. The molecule has 3 aromatic rings. The molecular weight excluding hydrogens is 330 g/mol. The molecular formula is C20H19N3OS. The molecule has 2 aromatic carbocycles. The first-order valence-corrected chi connectivity index (χ1v) is 9.14. The normalized spacial score (nSPS) is 18.9. The summed E-state index contributed by atoms with van der Waals surface area (Å²) in [7, 11) is 1.91. The number of nitrogens with one attached hydrogen (secondary N) is 2. The standard InChI is InChI=1S/C20H19N3OS/c1-21-25-17-6-3-13(4-7-17)18-11-19(18)20(24)23-16-5-2-15-12-22-9-8-14(15)10-16/h2-10,12,18-19,21H,11H2,1H3,(H,23,24)/t18-,19?/m0/s1. The van der Waals surface area contributed by atoms with E-state index in [-0.39, 0.29) is 11.8 Å². The summed E-state index contributed by atoms with van der Waals surface area (Å²) in [5.41, 5.74) is 2.08. The molecule has 2 atom stereocenters. The highest BCUT2D eigenvalue weighted by molar-refractivity contribution is 7.97. The minimum Gasteiger partial charge on any atom is -0.326 e. The van der Waals surface area contributed by atoms with Crippen LogP contribution in [0.3, 0.4) is 0 Å². The average molecular weight is 349 g/mol. The summed E-state index contributed by atoms with van der Waals surface area (Å²) in [6.45, 7) is 0. The Labute approximate surface area is 151 Å². The second-order valence-corrected chi connectivity index (χ2v) is 7.33. The monoisotopic (exact) mass is 349 g/mol. The van der Waals surface area contributed by atoms with E-state index in [1.165, 1.54) is 10.5 Å². The van der Waals surface area contributed by atoms with E-state index in [1.54, 1.807) is 18.1 Å². The number of rotatable bonds is 5. The number of amides is 1. The number of benzene rings is 2. The molecule has 0 radical (unpaired) electrons. The maximum atomic E-state index is 12.5. The fourth-order valence-corrected chi connectivity index (χ4v) is 3.66. The first-order chi connectivity index (χ1) is 12.2. The molecule has 0 spiro atoms. The number of aromatic nitrogens is 1. The van der Waals surface area contributed by atoms with Crippen molar-refractivity contribution in [2.45, 2.75) is 17.2 Å². The summed E-state index contributed by atoms with van der Waals surface area (Å²) in [5.74, 6) is 0.501. The summed E-state index contributed by atoms with van der Waals surface area (Å²) in [6.07, 6.45) is 4.51. The van der Waals surface area contributed by atoms with Crippen LogP contribution in [0, 0.1) is 5.92 Å². The largest absolute Gasteiger partial charge is 0.326 e. The molecule has 1 heterocycles. The van der Waals surface area contributed by atoms with Crippen molar-refractivity contribution in [3.63, 3.8) is 0 Å². The van der Waals surface area contributed by atoms with Crippen LogP contribution in [0.2, 0.25) is 0 Å². The van der Waals surface area contributed by atoms with Gasteiger partial charge in [0.1, 0.15) is 0 Å². The van der Waals surface area contributed by atoms with Crippen LogP contribution in [0.25, 0.3) is 10.8 Å². The lowest BCUT2D eigenvalue weighted by Gasteiger charge is -2.07. The molecule has 4 nitrogen and oxygen atoms in total. The first-order valence-electron chi connectivity index (χ1n) is 8.33. The average Bonchev–Trinajstić information content (AvgIpc) is 3.43. The van der Waals surface area contributed by atoms with Crippen LogP contribution in [0.1, 0.15) is 17.9 Å². The number of carbonyl (C=O) groups is 1. The number of fused-ring (bicyclic) bond motifs is 1. The van der Waals surface area contributed by atoms with Crippen molar-refractivity contribution in [2.24, 2.45) is 5.92 Å². The van der Waals surface area contributed by atoms with E-state index in [9.17, 15) is 4.79 Å². The fraction of sp³-hybridized carbons (Fsp3) is 0.200. The molecule has 5 heteroatoms. The summed E-state index contributed by atoms with van der Waals surface area (Å²) < 4.78 is 3.06. The molecule has 1 fully saturated rings. The van der Waals surface area contributed by atoms with Crippen molar-refractivity contribution >= 4 is 34.3 Å². The van der Waals surface area contributed by atoms with Crippen molar-refractivity contribution < 1.29 is 4.79 Å². The van der Waals surface area contributed by atoms with E-state index in [4.69, 9.17) is 0 Å². The van der Waals surface area contributed by atoms with Crippen molar-refractivity contribution in [1.29, 1.82) is 0 Å². The number of hydrogen-bond donors (Lipinski definition) is 2. The molecule has 1 saturated carbocycles. The second kappa shape index (κ2) is 6.86. The van der Waals surface area contributed by atoms with E-state index in [0.717, 1.165) is 22.9 Å². The van der Waals surface area contributed by atoms with Crippen molar-refractivity contribution in [3.05, 3.63) is 66.5 Å². The lowest BCUT2D eigenvalue weighted by molar-refractivity contribution is -0.117. The maximum absolute atomic E-state index is 12.5. The van der Waals surface area contributed by atoms with Gasteiger partial charge in [0.2, 0.25) is 5.91 Å². The third-order valence-electron chi connectivity index (χ3n) is 4.56. The lowest BCUT2D eigenvalue weighted by Crippen LogP contribution is -2.14. The van der Waals surface area contributed by atoms with Gasteiger partial charge in [0.05, 0.1) is 0 Å². The topological polar surface area (TPSA) is 54.0 Å². The first kappa shape index (κ1) is 16.1. The van der Waals surface area contributed by atoms with Gasteiger partial charge in [0.25, 0.3) is 0 Å². The summed E-state index contributed by atoms with van der Waals surface area (Å²) in [5, 5.41) is 5.21. The highest BCUT2D eigenvalue weighted by Gasteiger charge is 2.43. The van der Waals surface area contributed by atoms with Gasteiger partial charge in [-0.05, 0) is 72.6 Å². The van der Waals surface area contributed by atoms with Gasteiger partial charge in [0, 0.05) is 34.3 Å². The van der Waals surface area contributed by atoms with E-state index in [0.29, 0.717) is 5.92 Å². The van der Waals surface area contributed by atoms with Crippen LogP contribution in [-0.4, -0.2) is 17.9 Å². The van der Waals surface area contributed by atoms with Gasteiger partial charge in [-0.15, -0.1) is 0 Å². The Morgan fingerprint density at radius 2 is 1.96 bits per heavy atom. The second-order valence-electron chi connectivity index (χ2n) is 6.25. The molecule has 0 aliphatic heterocycles. The SMILES string of the molecule is CNSc1ccc([C@@H]2CC2C(=O)Nc2ccc3cnccc3c2)cc1. The summed E-state index contributed by atoms with van der Waals surface area (Å²) in [6, 6.07) is 16.3. The van der Waals surface area contributed by atoms with Crippen LogP contribution in [0.15, 0.2) is 65.8 Å². The quantitative estimate of drug-likeness (QED) is 0.678. The molecule has 0 saturated heterocycles. The van der Waals surface area contributed by atoms with Crippen LogP contribution in [0.4, 0.5) is 5.69 Å². The Morgan fingerprint density at radius 1 is 1.12 bits per heavy atom. The zero-order chi connectivity index (χ0) is 17.2. The van der Waals surface area contributed by atoms with Crippen molar-refractivity contribution in [3.8, 4) is 0 Å². The number of carbonyl (C=O) groups excluding carboxylic acids is 1. The van der Waals surface area contributed by atoms with Gasteiger partial charge in [0.15, 0.2) is 0 Å². The molecule has 4 rings (SSSR count). The molecule has 0 bridgehead atoms. The minimum absolute atomic E-state index is 0.0657. The fourth-order valence-electron chi connectivity index (χ4n) is 3.15. The molecule has 1 amide bonds. The third-order valence-corrected chi connectivity index (χ3v) is 5.28. The molecule has 1 aromatic heterocycles. The molecule has 1 unspecified atom stereocenters. The zero-order valence-corrected chi connectivity index (χ0v) is 14.7. The molecule has 1 aliphatic rings. The highest BCUT2D eigenvalue weighted by Crippen LogP contribution is 2.48. The van der Waals surface area contributed by atoms with E-state index < -0.39 is 0 Å². The Kier molecular flexibility index (Phi) is 4.42. The molecule has 126 valence electrons. The molecule has 25 heavy (non-hydrogen) atoms. The Hall–Kier alpha value is -2.37. The van der Waals surface area contributed by atoms with Gasteiger partial charge < -0.3 is 5.32 Å². The van der Waals surface area contributed by atoms with Gasteiger partial charge in [-0.3, -0.25) is 14.5 Å². The van der Waals surface area contributed by atoms with E-state index in [1.807, 2.05) is 37.5 Å². The summed E-state index contributed by atoms with van der Waals surface area (Å²) in [4.78, 5) is 17.8.